The van der Waals surface area contributed by atoms with E-state index >= 15 is 0 Å². The molecular formula is C20H17FN4O3. The fourth-order valence-corrected chi connectivity index (χ4v) is 2.36. The summed E-state index contributed by atoms with van der Waals surface area (Å²) in [6.45, 7) is 0. The number of ether oxygens (including phenoxy) is 1. The summed E-state index contributed by atoms with van der Waals surface area (Å²) >= 11 is 0. The smallest absolute Gasteiger partial charge is 0.323 e. The maximum absolute atomic E-state index is 13.2. The van der Waals surface area contributed by atoms with Gasteiger partial charge < -0.3 is 20.7 Å². The van der Waals surface area contributed by atoms with Crippen molar-refractivity contribution < 1.29 is 18.7 Å². The van der Waals surface area contributed by atoms with Crippen LogP contribution in [0.15, 0.2) is 66.9 Å². The fraction of sp³-hybridized carbons (Fsp3) is 0.0500. The molecule has 142 valence electrons. The predicted molar refractivity (Wildman–Crippen MR) is 103 cm³/mol. The van der Waals surface area contributed by atoms with Gasteiger partial charge in [-0.1, -0.05) is 12.1 Å². The summed E-state index contributed by atoms with van der Waals surface area (Å²) in [6, 6.07) is 14.9. The molecule has 28 heavy (non-hydrogen) atoms. The predicted octanol–water partition coefficient (Wildman–Crippen LogP) is 4.02. The molecule has 0 aliphatic heterocycles. The number of rotatable bonds is 5. The van der Waals surface area contributed by atoms with Gasteiger partial charge >= 0.3 is 6.03 Å². The second-order valence-electron chi connectivity index (χ2n) is 5.68. The van der Waals surface area contributed by atoms with Crippen molar-refractivity contribution in [1.82, 2.24) is 10.3 Å². The highest BCUT2D eigenvalue weighted by Crippen LogP contribution is 2.24. The van der Waals surface area contributed by atoms with Crippen LogP contribution in [0, 0.1) is 5.82 Å². The van der Waals surface area contributed by atoms with Gasteiger partial charge in [-0.05, 0) is 36.4 Å². The number of carbonyl (C=O) groups is 2. The maximum Gasteiger partial charge on any atom is 0.323 e. The normalized spacial score (nSPS) is 10.1. The van der Waals surface area contributed by atoms with Gasteiger partial charge in [-0.15, -0.1) is 0 Å². The van der Waals surface area contributed by atoms with Crippen LogP contribution < -0.4 is 20.7 Å². The summed E-state index contributed by atoms with van der Waals surface area (Å²) in [7, 11) is 1.52. The third-order valence-corrected chi connectivity index (χ3v) is 3.60. The van der Waals surface area contributed by atoms with Crippen LogP contribution in [0.2, 0.25) is 0 Å². The van der Waals surface area contributed by atoms with Crippen molar-refractivity contribution in [2.45, 2.75) is 0 Å². The van der Waals surface area contributed by atoms with Gasteiger partial charge in [0.05, 0.1) is 0 Å². The number of halogens is 1. The number of carbonyl (C=O) groups excluding carboxylic acids is 2. The molecule has 0 aliphatic rings. The van der Waals surface area contributed by atoms with Gasteiger partial charge in [-0.2, -0.15) is 0 Å². The van der Waals surface area contributed by atoms with Crippen LogP contribution in [-0.2, 0) is 0 Å². The molecule has 3 aromatic rings. The van der Waals surface area contributed by atoms with Crippen molar-refractivity contribution in [1.29, 1.82) is 0 Å². The molecule has 0 unspecified atom stereocenters. The lowest BCUT2D eigenvalue weighted by Gasteiger charge is -2.10. The van der Waals surface area contributed by atoms with Crippen LogP contribution in [0.25, 0.3) is 0 Å². The Morgan fingerprint density at radius 2 is 1.61 bits per heavy atom. The average molecular weight is 380 g/mol. The summed E-state index contributed by atoms with van der Waals surface area (Å²) < 4.78 is 18.9. The number of nitrogens with zero attached hydrogens (tertiary/aromatic N) is 1. The number of amides is 3. The molecule has 0 radical (unpaired) electrons. The summed E-state index contributed by atoms with van der Waals surface area (Å²) in [5.41, 5.74) is 1.04. The molecular weight excluding hydrogens is 363 g/mol. The van der Waals surface area contributed by atoms with E-state index in [4.69, 9.17) is 4.74 Å². The van der Waals surface area contributed by atoms with Gasteiger partial charge in [0, 0.05) is 36.8 Å². The first kappa shape index (κ1) is 18.8. The Bertz CT molecular complexity index is 1010. The molecule has 0 aliphatic carbocycles. The van der Waals surface area contributed by atoms with E-state index in [9.17, 15) is 14.0 Å². The highest BCUT2D eigenvalue weighted by Gasteiger charge is 2.08. The van der Waals surface area contributed by atoms with E-state index in [1.807, 2.05) is 0 Å². The van der Waals surface area contributed by atoms with Crippen molar-refractivity contribution in [3.63, 3.8) is 0 Å². The molecule has 0 spiro atoms. The van der Waals surface area contributed by atoms with E-state index in [1.54, 1.807) is 36.4 Å². The number of pyridine rings is 1. The van der Waals surface area contributed by atoms with Crippen molar-refractivity contribution in [2.75, 3.05) is 17.7 Å². The summed E-state index contributed by atoms with van der Waals surface area (Å²) in [5, 5.41) is 7.68. The van der Waals surface area contributed by atoms with Gasteiger partial charge in [-0.3, -0.25) is 9.78 Å². The fourth-order valence-electron chi connectivity index (χ4n) is 2.36. The van der Waals surface area contributed by atoms with E-state index in [2.05, 4.69) is 20.9 Å². The van der Waals surface area contributed by atoms with E-state index in [0.29, 0.717) is 22.9 Å². The number of nitrogens with one attached hydrogen (secondary N) is 3. The van der Waals surface area contributed by atoms with Crippen LogP contribution in [0.3, 0.4) is 0 Å². The molecule has 3 N–H and O–H groups in total. The summed E-state index contributed by atoms with van der Waals surface area (Å²) in [6.07, 6.45) is 1.47. The number of benzene rings is 2. The Labute approximate surface area is 160 Å². The van der Waals surface area contributed by atoms with Crippen LogP contribution >= 0.6 is 0 Å². The monoisotopic (exact) mass is 380 g/mol. The molecule has 8 heteroatoms. The molecule has 3 amide bonds. The minimum absolute atomic E-state index is 0.226. The number of hydrogen-bond acceptors (Lipinski definition) is 4. The van der Waals surface area contributed by atoms with Crippen LogP contribution in [0.4, 0.5) is 20.6 Å². The topological polar surface area (TPSA) is 92.4 Å². The van der Waals surface area contributed by atoms with Gasteiger partial charge in [-0.25, -0.2) is 9.18 Å². The highest BCUT2D eigenvalue weighted by atomic mass is 19.1. The highest BCUT2D eigenvalue weighted by molar-refractivity contribution is 5.99. The minimum atomic E-state index is -0.520. The lowest BCUT2D eigenvalue weighted by Crippen LogP contribution is -2.19. The number of aromatic nitrogens is 1. The molecule has 0 bridgehead atoms. The quantitative estimate of drug-likeness (QED) is 0.623. The molecule has 0 fully saturated rings. The first-order chi connectivity index (χ1) is 13.5. The lowest BCUT2D eigenvalue weighted by molar-refractivity contribution is 0.0958. The van der Waals surface area contributed by atoms with Gasteiger partial charge in [0.1, 0.15) is 23.0 Å². The molecule has 0 saturated heterocycles. The molecule has 1 aromatic heterocycles. The standard InChI is InChI=1S/C20H17FN4O3/c1-22-19(26)18-12-17(8-9-23-18)28-16-7-3-6-15(11-16)25-20(27)24-14-5-2-4-13(21)10-14/h2-12H,1H3,(H,22,26)(H2,24,25,27). The zero-order valence-electron chi connectivity index (χ0n) is 14.9. The summed E-state index contributed by atoms with van der Waals surface area (Å²) in [5.74, 6) is 0.115. The van der Waals surface area contributed by atoms with Crippen molar-refractivity contribution in [2.24, 2.45) is 0 Å². The first-order valence-electron chi connectivity index (χ1n) is 8.33. The minimum Gasteiger partial charge on any atom is -0.457 e. The Morgan fingerprint density at radius 1 is 0.929 bits per heavy atom. The second kappa shape index (κ2) is 8.63. The van der Waals surface area contributed by atoms with E-state index in [0.717, 1.165) is 0 Å². The molecule has 0 atom stereocenters. The van der Waals surface area contributed by atoms with Crippen molar-refractivity contribution in [3.8, 4) is 11.5 Å². The SMILES string of the molecule is CNC(=O)c1cc(Oc2cccc(NC(=O)Nc3cccc(F)c3)c2)ccn1. The van der Waals surface area contributed by atoms with Crippen molar-refractivity contribution in [3.05, 3.63) is 78.4 Å². The molecule has 7 nitrogen and oxygen atoms in total. The Balaban J connectivity index is 1.67. The third kappa shape index (κ3) is 5.04. The molecule has 3 rings (SSSR count). The summed E-state index contributed by atoms with van der Waals surface area (Å²) in [4.78, 5) is 27.7. The Kier molecular flexibility index (Phi) is 5.81. The zero-order valence-corrected chi connectivity index (χ0v) is 14.9. The second-order valence-corrected chi connectivity index (χ2v) is 5.68. The van der Waals surface area contributed by atoms with Gasteiger partial charge in [0.2, 0.25) is 0 Å². The third-order valence-electron chi connectivity index (χ3n) is 3.60. The molecule has 2 aromatic carbocycles. The van der Waals surface area contributed by atoms with Crippen LogP contribution in [0.1, 0.15) is 10.5 Å². The lowest BCUT2D eigenvalue weighted by atomic mass is 10.3. The van der Waals surface area contributed by atoms with E-state index in [1.165, 1.54) is 37.5 Å². The Hall–Kier alpha value is -3.94. The average Bonchev–Trinajstić information content (AvgIpc) is 2.67. The Morgan fingerprint density at radius 3 is 2.32 bits per heavy atom. The zero-order chi connectivity index (χ0) is 19.9. The molecule has 1 heterocycles. The van der Waals surface area contributed by atoms with E-state index < -0.39 is 11.8 Å². The number of anilines is 2. The first-order valence-corrected chi connectivity index (χ1v) is 8.33. The van der Waals surface area contributed by atoms with Gasteiger partial charge in [0.25, 0.3) is 5.91 Å². The van der Waals surface area contributed by atoms with Gasteiger partial charge in [0.15, 0.2) is 0 Å². The molecule has 0 saturated carbocycles. The van der Waals surface area contributed by atoms with Crippen molar-refractivity contribution >= 4 is 23.3 Å². The maximum atomic E-state index is 13.2. The van der Waals surface area contributed by atoms with Crippen LogP contribution in [0.5, 0.6) is 11.5 Å². The largest absolute Gasteiger partial charge is 0.457 e. The van der Waals surface area contributed by atoms with Crippen LogP contribution in [-0.4, -0.2) is 24.0 Å². The number of urea groups is 1. The number of hydrogen-bond donors (Lipinski definition) is 3. The van der Waals surface area contributed by atoms with E-state index in [-0.39, 0.29) is 11.6 Å².